The summed E-state index contributed by atoms with van der Waals surface area (Å²) in [7, 11) is 0. The number of benzene rings is 1. The highest BCUT2D eigenvalue weighted by atomic mass is 35.5. The van der Waals surface area contributed by atoms with Crippen molar-refractivity contribution < 1.29 is 9.84 Å². The maximum atomic E-state index is 10.7. The van der Waals surface area contributed by atoms with Gasteiger partial charge in [-0.25, -0.2) is 0 Å². The fourth-order valence-electron chi connectivity index (χ4n) is 2.60. The van der Waals surface area contributed by atoms with Crippen LogP contribution in [0.1, 0.15) is 23.0 Å². The van der Waals surface area contributed by atoms with E-state index in [1.807, 2.05) is 24.3 Å². The lowest BCUT2D eigenvalue weighted by molar-refractivity contribution is 0.0834. The predicted molar refractivity (Wildman–Crippen MR) is 78.1 cm³/mol. The number of para-hydroxylation sites is 1. The number of ether oxygens (including phenoxy) is 1. The summed E-state index contributed by atoms with van der Waals surface area (Å²) in [6.07, 6.45) is -0.452. The number of aliphatic hydroxyl groups excluding tert-OH is 1. The molecule has 0 aliphatic carbocycles. The van der Waals surface area contributed by atoms with E-state index < -0.39 is 11.5 Å². The van der Waals surface area contributed by atoms with E-state index in [-0.39, 0.29) is 0 Å². The first-order valence-electron chi connectivity index (χ1n) is 6.24. The van der Waals surface area contributed by atoms with Crippen LogP contribution in [0.25, 0.3) is 0 Å². The summed E-state index contributed by atoms with van der Waals surface area (Å²) >= 11 is 7.23. The van der Waals surface area contributed by atoms with Crippen LogP contribution in [0.15, 0.2) is 36.4 Å². The molecule has 0 saturated heterocycles. The summed E-state index contributed by atoms with van der Waals surface area (Å²) in [6.45, 7) is 0.417. The van der Waals surface area contributed by atoms with Gasteiger partial charge in [0.1, 0.15) is 17.3 Å². The van der Waals surface area contributed by atoms with Gasteiger partial charge in [-0.15, -0.1) is 11.3 Å². The minimum atomic E-state index is -0.983. The van der Waals surface area contributed by atoms with Gasteiger partial charge in [-0.3, -0.25) is 0 Å². The minimum absolute atomic E-state index is 0.417. The third kappa shape index (κ3) is 1.99. The zero-order valence-electron chi connectivity index (χ0n) is 10.5. The topological polar surface area (TPSA) is 53.2 Å². The highest BCUT2D eigenvalue weighted by Gasteiger charge is 2.45. The summed E-state index contributed by atoms with van der Waals surface area (Å²) < 4.78 is 6.19. The van der Waals surface area contributed by atoms with Crippen molar-refractivity contribution in [3.8, 4) is 11.8 Å². The summed E-state index contributed by atoms with van der Waals surface area (Å²) in [5, 5.41) is 20.5. The molecule has 0 fully saturated rings. The van der Waals surface area contributed by atoms with Gasteiger partial charge in [0.15, 0.2) is 0 Å². The largest absolute Gasteiger partial charge is 0.493 e. The first kappa shape index (κ1) is 13.4. The Balaban J connectivity index is 2.12. The molecular weight excluding hydrogens is 294 g/mol. The molecule has 1 aliphatic heterocycles. The maximum absolute atomic E-state index is 10.7. The second-order valence-electron chi connectivity index (χ2n) is 4.72. The molecule has 1 aromatic heterocycles. The van der Waals surface area contributed by atoms with Crippen LogP contribution in [0.2, 0.25) is 4.34 Å². The van der Waals surface area contributed by atoms with Crippen LogP contribution in [0.4, 0.5) is 0 Å². The van der Waals surface area contributed by atoms with E-state index in [0.29, 0.717) is 28.0 Å². The van der Waals surface area contributed by atoms with Gasteiger partial charge in [-0.1, -0.05) is 29.8 Å². The number of hydrogen-bond acceptors (Lipinski definition) is 4. The number of nitrogens with zero attached hydrogens (tertiary/aromatic N) is 1. The van der Waals surface area contributed by atoms with Crippen molar-refractivity contribution in [3.63, 3.8) is 0 Å². The Kier molecular flexibility index (Phi) is 3.43. The molecule has 0 amide bonds. The van der Waals surface area contributed by atoms with E-state index in [0.717, 1.165) is 5.56 Å². The Morgan fingerprint density at radius 3 is 2.85 bits per heavy atom. The highest BCUT2D eigenvalue weighted by molar-refractivity contribution is 7.16. The van der Waals surface area contributed by atoms with Crippen LogP contribution in [-0.2, 0) is 5.41 Å². The quantitative estimate of drug-likeness (QED) is 0.921. The monoisotopic (exact) mass is 305 g/mol. The Morgan fingerprint density at radius 1 is 1.35 bits per heavy atom. The number of rotatable bonds is 2. The molecule has 2 atom stereocenters. The van der Waals surface area contributed by atoms with Gasteiger partial charge >= 0.3 is 0 Å². The van der Waals surface area contributed by atoms with Crippen LogP contribution in [0.3, 0.4) is 0 Å². The Labute approximate surface area is 126 Å². The van der Waals surface area contributed by atoms with E-state index in [9.17, 15) is 10.4 Å². The minimum Gasteiger partial charge on any atom is -0.493 e. The number of hydrogen-bond donors (Lipinski definition) is 1. The Bertz CT molecular complexity index is 679. The standard InChI is InChI=1S/C15H12ClNO2S/c16-13-6-5-12(20-13)14(18)15(9-17)7-8-19-11-4-2-1-3-10(11)15/h1-6,14,18H,7-8H2. The van der Waals surface area contributed by atoms with Gasteiger partial charge in [0, 0.05) is 16.9 Å². The first-order chi connectivity index (χ1) is 9.67. The molecular formula is C15H12ClNO2S. The van der Waals surface area contributed by atoms with Crippen LogP contribution in [0, 0.1) is 11.3 Å². The number of nitriles is 1. The molecule has 1 aromatic carbocycles. The van der Waals surface area contributed by atoms with Crippen LogP contribution in [0.5, 0.6) is 5.75 Å². The van der Waals surface area contributed by atoms with Crippen molar-refractivity contribution in [3.05, 3.63) is 51.2 Å². The third-order valence-electron chi connectivity index (χ3n) is 3.65. The van der Waals surface area contributed by atoms with Gasteiger partial charge in [0.25, 0.3) is 0 Å². The Hall–Kier alpha value is -1.54. The van der Waals surface area contributed by atoms with E-state index in [1.54, 1.807) is 12.1 Å². The molecule has 5 heteroatoms. The molecule has 3 rings (SSSR count). The van der Waals surface area contributed by atoms with Crippen LogP contribution in [-0.4, -0.2) is 11.7 Å². The van der Waals surface area contributed by atoms with Gasteiger partial charge in [0.2, 0.25) is 0 Å². The lowest BCUT2D eigenvalue weighted by atomic mass is 9.72. The van der Waals surface area contributed by atoms with Crippen molar-refractivity contribution in [1.82, 2.24) is 0 Å². The van der Waals surface area contributed by atoms with Gasteiger partial charge in [-0.05, 0) is 18.2 Å². The highest BCUT2D eigenvalue weighted by Crippen LogP contribution is 2.47. The second kappa shape index (κ2) is 5.10. The van der Waals surface area contributed by atoms with Gasteiger partial charge in [-0.2, -0.15) is 5.26 Å². The average molecular weight is 306 g/mol. The molecule has 3 nitrogen and oxygen atoms in total. The predicted octanol–water partition coefficient (Wildman–Crippen LogP) is 3.68. The molecule has 0 bridgehead atoms. The number of aliphatic hydroxyl groups is 1. The normalized spacial score (nSPS) is 22.4. The molecule has 102 valence electrons. The molecule has 20 heavy (non-hydrogen) atoms. The smallest absolute Gasteiger partial charge is 0.124 e. The molecule has 2 heterocycles. The van der Waals surface area contributed by atoms with Crippen molar-refractivity contribution in [1.29, 1.82) is 5.26 Å². The summed E-state index contributed by atoms with van der Waals surface area (Å²) in [5.41, 5.74) is -0.242. The first-order valence-corrected chi connectivity index (χ1v) is 7.44. The van der Waals surface area contributed by atoms with Crippen molar-refractivity contribution in [2.75, 3.05) is 6.61 Å². The fraction of sp³-hybridized carbons (Fsp3) is 0.267. The van der Waals surface area contributed by atoms with Gasteiger partial charge < -0.3 is 9.84 Å². The average Bonchev–Trinajstić information content (AvgIpc) is 2.92. The number of thiophene rings is 1. The fourth-order valence-corrected chi connectivity index (χ4v) is 3.74. The molecule has 2 aromatic rings. The second-order valence-corrected chi connectivity index (χ2v) is 6.47. The van der Waals surface area contributed by atoms with Crippen molar-refractivity contribution in [2.45, 2.75) is 17.9 Å². The molecule has 0 spiro atoms. The van der Waals surface area contributed by atoms with Crippen LogP contribution < -0.4 is 4.74 Å². The zero-order valence-corrected chi connectivity index (χ0v) is 12.1. The lowest BCUT2D eigenvalue weighted by Gasteiger charge is -2.36. The molecule has 1 aliphatic rings. The van der Waals surface area contributed by atoms with Crippen molar-refractivity contribution >= 4 is 22.9 Å². The number of halogens is 1. The summed E-state index contributed by atoms with van der Waals surface area (Å²) in [6, 6.07) is 13.2. The summed E-state index contributed by atoms with van der Waals surface area (Å²) in [5.74, 6) is 0.669. The van der Waals surface area contributed by atoms with Crippen LogP contribution >= 0.6 is 22.9 Å². The third-order valence-corrected chi connectivity index (χ3v) is 4.94. The molecule has 0 radical (unpaired) electrons. The van der Waals surface area contributed by atoms with E-state index in [4.69, 9.17) is 16.3 Å². The van der Waals surface area contributed by atoms with Crippen molar-refractivity contribution in [2.24, 2.45) is 0 Å². The SMILES string of the molecule is N#CC1(C(O)c2ccc(Cl)s2)CCOc2ccccc21. The summed E-state index contributed by atoms with van der Waals surface area (Å²) in [4.78, 5) is 0.702. The van der Waals surface area contributed by atoms with E-state index in [1.165, 1.54) is 11.3 Å². The van der Waals surface area contributed by atoms with E-state index in [2.05, 4.69) is 6.07 Å². The lowest BCUT2D eigenvalue weighted by Crippen LogP contribution is -2.37. The molecule has 0 saturated carbocycles. The zero-order chi connectivity index (χ0) is 14.2. The Morgan fingerprint density at radius 2 is 2.15 bits per heavy atom. The number of fused-ring (bicyclic) bond motifs is 1. The van der Waals surface area contributed by atoms with Gasteiger partial charge in [0.05, 0.1) is 17.0 Å². The molecule has 1 N–H and O–H groups in total. The van der Waals surface area contributed by atoms with E-state index >= 15 is 0 Å². The molecule has 2 unspecified atom stereocenters. The maximum Gasteiger partial charge on any atom is 0.124 e.